The van der Waals surface area contributed by atoms with Crippen LogP contribution in [0.5, 0.6) is 0 Å². The molecule has 1 N–H and O–H groups in total. The minimum absolute atomic E-state index is 0.196. The third-order valence-electron chi connectivity index (χ3n) is 4.20. The highest BCUT2D eigenvalue weighted by molar-refractivity contribution is 5.76. The van der Waals surface area contributed by atoms with Crippen molar-refractivity contribution in [3.8, 4) is 0 Å². The molecule has 0 spiro atoms. The van der Waals surface area contributed by atoms with Crippen LogP contribution in [-0.2, 0) is 4.79 Å². The molecule has 1 rings (SSSR count). The standard InChI is InChI=1S/C15H30N2O2/c1-5-15(3,4)12-13(18)9-11-16-10-7-8-14(19)17(16)6-2/h13,18H,5-12H2,1-4H3. The average molecular weight is 270 g/mol. The normalized spacial score (nSPS) is 19.8. The molecule has 112 valence electrons. The summed E-state index contributed by atoms with van der Waals surface area (Å²) in [4.78, 5) is 11.8. The zero-order valence-corrected chi connectivity index (χ0v) is 13.0. The Labute approximate surface area is 117 Å². The maximum atomic E-state index is 11.8. The van der Waals surface area contributed by atoms with Gasteiger partial charge >= 0.3 is 0 Å². The first kappa shape index (κ1) is 16.4. The van der Waals surface area contributed by atoms with Gasteiger partial charge in [-0.05, 0) is 31.6 Å². The minimum Gasteiger partial charge on any atom is -0.393 e. The second-order valence-corrected chi connectivity index (χ2v) is 6.33. The molecule has 1 saturated heterocycles. The molecule has 0 aromatic rings. The first-order chi connectivity index (χ1) is 8.89. The summed E-state index contributed by atoms with van der Waals surface area (Å²) in [5.74, 6) is 0.220. The van der Waals surface area contributed by atoms with Crippen molar-refractivity contribution < 1.29 is 9.90 Å². The zero-order chi connectivity index (χ0) is 14.5. The Hall–Kier alpha value is -0.610. The summed E-state index contributed by atoms with van der Waals surface area (Å²) >= 11 is 0. The van der Waals surface area contributed by atoms with Gasteiger partial charge < -0.3 is 5.11 Å². The Bertz CT molecular complexity index is 292. The smallest absolute Gasteiger partial charge is 0.236 e. The molecule has 0 aromatic heterocycles. The lowest BCUT2D eigenvalue weighted by atomic mass is 9.83. The Kier molecular flexibility index (Phi) is 6.27. The lowest BCUT2D eigenvalue weighted by Crippen LogP contribution is -2.51. The van der Waals surface area contributed by atoms with Gasteiger partial charge in [0.25, 0.3) is 0 Å². The van der Waals surface area contributed by atoms with E-state index in [1.54, 1.807) is 0 Å². The molecule has 1 heterocycles. The molecule has 0 bridgehead atoms. The van der Waals surface area contributed by atoms with E-state index in [-0.39, 0.29) is 17.4 Å². The molecular weight excluding hydrogens is 240 g/mol. The van der Waals surface area contributed by atoms with Gasteiger partial charge in [-0.3, -0.25) is 9.80 Å². The molecule has 1 amide bonds. The predicted octanol–water partition coefficient (Wildman–Crippen LogP) is 2.42. The molecule has 0 aromatic carbocycles. The molecule has 0 saturated carbocycles. The van der Waals surface area contributed by atoms with Crippen molar-refractivity contribution in [2.75, 3.05) is 19.6 Å². The second kappa shape index (κ2) is 7.25. The maximum Gasteiger partial charge on any atom is 0.236 e. The van der Waals surface area contributed by atoms with Crippen LogP contribution in [0.4, 0.5) is 0 Å². The first-order valence-electron chi connectivity index (χ1n) is 7.63. The van der Waals surface area contributed by atoms with Crippen LogP contribution in [-0.4, -0.2) is 46.8 Å². The number of nitrogens with zero attached hydrogens (tertiary/aromatic N) is 2. The fourth-order valence-electron chi connectivity index (χ4n) is 2.61. The largest absolute Gasteiger partial charge is 0.393 e. The third-order valence-corrected chi connectivity index (χ3v) is 4.20. The van der Waals surface area contributed by atoms with E-state index in [0.717, 1.165) is 45.3 Å². The molecule has 1 unspecified atom stereocenters. The Balaban J connectivity index is 2.40. The lowest BCUT2D eigenvalue weighted by Gasteiger charge is -2.38. The van der Waals surface area contributed by atoms with E-state index >= 15 is 0 Å². The van der Waals surface area contributed by atoms with Gasteiger partial charge in [0, 0.05) is 26.1 Å². The number of rotatable bonds is 7. The number of carbonyl (C=O) groups is 1. The van der Waals surface area contributed by atoms with E-state index in [1.807, 2.05) is 11.9 Å². The number of aliphatic hydroxyl groups is 1. The second-order valence-electron chi connectivity index (χ2n) is 6.33. The summed E-state index contributed by atoms with van der Waals surface area (Å²) in [5.41, 5.74) is 0.196. The van der Waals surface area contributed by atoms with Gasteiger partial charge in [-0.25, -0.2) is 5.01 Å². The molecule has 0 radical (unpaired) electrons. The van der Waals surface area contributed by atoms with Gasteiger partial charge in [0.1, 0.15) is 0 Å². The van der Waals surface area contributed by atoms with Crippen LogP contribution >= 0.6 is 0 Å². The monoisotopic (exact) mass is 270 g/mol. The highest BCUT2D eigenvalue weighted by Crippen LogP contribution is 2.27. The van der Waals surface area contributed by atoms with E-state index in [1.165, 1.54) is 0 Å². The molecule has 1 atom stereocenters. The Morgan fingerprint density at radius 1 is 1.37 bits per heavy atom. The van der Waals surface area contributed by atoms with Crippen LogP contribution in [0.15, 0.2) is 0 Å². The summed E-state index contributed by atoms with van der Waals surface area (Å²) in [7, 11) is 0. The minimum atomic E-state index is -0.273. The zero-order valence-electron chi connectivity index (χ0n) is 13.0. The Morgan fingerprint density at radius 3 is 2.63 bits per heavy atom. The Morgan fingerprint density at radius 2 is 2.05 bits per heavy atom. The van der Waals surface area contributed by atoms with E-state index in [9.17, 15) is 9.90 Å². The van der Waals surface area contributed by atoms with E-state index in [0.29, 0.717) is 6.42 Å². The summed E-state index contributed by atoms with van der Waals surface area (Å²) in [6, 6.07) is 0. The van der Waals surface area contributed by atoms with Crippen LogP contribution in [0.3, 0.4) is 0 Å². The number of carbonyl (C=O) groups excluding carboxylic acids is 1. The quantitative estimate of drug-likeness (QED) is 0.772. The molecule has 0 aliphatic carbocycles. The van der Waals surface area contributed by atoms with Crippen LogP contribution in [0.2, 0.25) is 0 Å². The van der Waals surface area contributed by atoms with Crippen molar-refractivity contribution in [1.29, 1.82) is 0 Å². The predicted molar refractivity (Wildman–Crippen MR) is 77.5 cm³/mol. The van der Waals surface area contributed by atoms with E-state index < -0.39 is 0 Å². The van der Waals surface area contributed by atoms with Gasteiger partial charge in [0.15, 0.2) is 0 Å². The molecule has 4 nitrogen and oxygen atoms in total. The SMILES string of the molecule is CCN1C(=O)CCCN1CCC(O)CC(C)(C)CC. The molecular formula is C15H30N2O2. The topological polar surface area (TPSA) is 43.8 Å². The number of hydrogen-bond acceptors (Lipinski definition) is 3. The van der Waals surface area contributed by atoms with Crippen molar-refractivity contribution in [3.05, 3.63) is 0 Å². The number of hydrogen-bond donors (Lipinski definition) is 1. The number of amides is 1. The summed E-state index contributed by atoms with van der Waals surface area (Å²) in [6.45, 7) is 11.0. The van der Waals surface area contributed by atoms with E-state index in [2.05, 4.69) is 25.8 Å². The highest BCUT2D eigenvalue weighted by Gasteiger charge is 2.26. The molecule has 1 aliphatic rings. The number of hydrazine groups is 1. The van der Waals surface area contributed by atoms with Crippen molar-refractivity contribution in [1.82, 2.24) is 10.0 Å². The van der Waals surface area contributed by atoms with Gasteiger partial charge in [-0.2, -0.15) is 0 Å². The first-order valence-corrected chi connectivity index (χ1v) is 7.63. The van der Waals surface area contributed by atoms with Gasteiger partial charge in [0.2, 0.25) is 5.91 Å². The fourth-order valence-corrected chi connectivity index (χ4v) is 2.61. The van der Waals surface area contributed by atoms with Crippen LogP contribution in [0.1, 0.15) is 59.8 Å². The van der Waals surface area contributed by atoms with E-state index in [4.69, 9.17) is 0 Å². The maximum absolute atomic E-state index is 11.8. The van der Waals surface area contributed by atoms with Gasteiger partial charge in [-0.15, -0.1) is 0 Å². The third kappa shape index (κ3) is 5.11. The molecule has 1 fully saturated rings. The van der Waals surface area contributed by atoms with Crippen molar-refractivity contribution in [2.24, 2.45) is 5.41 Å². The highest BCUT2D eigenvalue weighted by atomic mass is 16.3. The van der Waals surface area contributed by atoms with Gasteiger partial charge in [-0.1, -0.05) is 27.2 Å². The van der Waals surface area contributed by atoms with Crippen LogP contribution in [0.25, 0.3) is 0 Å². The van der Waals surface area contributed by atoms with Crippen molar-refractivity contribution >= 4 is 5.91 Å². The lowest BCUT2D eigenvalue weighted by molar-refractivity contribution is -0.155. The van der Waals surface area contributed by atoms with Crippen molar-refractivity contribution in [3.63, 3.8) is 0 Å². The fraction of sp³-hybridized carbons (Fsp3) is 0.933. The number of aliphatic hydroxyl groups excluding tert-OH is 1. The van der Waals surface area contributed by atoms with Crippen LogP contribution < -0.4 is 0 Å². The molecule has 1 aliphatic heterocycles. The summed E-state index contributed by atoms with van der Waals surface area (Å²) < 4.78 is 0. The van der Waals surface area contributed by atoms with Gasteiger partial charge in [0.05, 0.1) is 6.10 Å². The summed E-state index contributed by atoms with van der Waals surface area (Å²) in [5, 5.41) is 14.1. The van der Waals surface area contributed by atoms with Crippen molar-refractivity contribution in [2.45, 2.75) is 65.9 Å². The summed E-state index contributed by atoms with van der Waals surface area (Å²) in [6.07, 6.45) is 3.98. The molecule has 19 heavy (non-hydrogen) atoms. The average Bonchev–Trinajstić information content (AvgIpc) is 2.36. The van der Waals surface area contributed by atoms with Crippen LogP contribution in [0, 0.1) is 5.41 Å². The molecule has 4 heteroatoms.